The van der Waals surface area contributed by atoms with Crippen molar-refractivity contribution >= 4 is 26.8 Å². The summed E-state index contributed by atoms with van der Waals surface area (Å²) in [5.74, 6) is 0.624. The predicted octanol–water partition coefficient (Wildman–Crippen LogP) is 4.22. The maximum Gasteiger partial charge on any atom is 0.254 e. The molecule has 0 aliphatic carbocycles. The summed E-state index contributed by atoms with van der Waals surface area (Å²) in [4.78, 5) is 20.2. The average molecular weight is 533 g/mol. The molecule has 198 valence electrons. The Kier molecular flexibility index (Phi) is 6.98. The maximum atomic E-state index is 13.6. The lowest BCUT2D eigenvalue weighted by molar-refractivity contribution is 0.0732. The van der Waals surface area contributed by atoms with Crippen molar-refractivity contribution in [3.05, 3.63) is 77.6 Å². The molecule has 1 aliphatic heterocycles. The summed E-state index contributed by atoms with van der Waals surface area (Å²) in [5, 5.41) is 0. The monoisotopic (exact) mass is 532 g/mol. The third-order valence-electron chi connectivity index (χ3n) is 7.17. The molecule has 3 aromatic carbocycles. The molecule has 5 rings (SSSR count). The number of sulfone groups is 1. The van der Waals surface area contributed by atoms with Crippen molar-refractivity contribution in [2.75, 3.05) is 26.0 Å². The van der Waals surface area contributed by atoms with Crippen molar-refractivity contribution in [3.63, 3.8) is 0 Å². The molecule has 1 aliphatic rings. The highest BCUT2D eigenvalue weighted by Crippen LogP contribution is 2.32. The van der Waals surface area contributed by atoms with Crippen LogP contribution in [-0.2, 0) is 22.8 Å². The molecule has 1 amide bonds. The number of rotatable bonds is 6. The van der Waals surface area contributed by atoms with Crippen LogP contribution in [0.15, 0.2) is 65.8 Å². The van der Waals surface area contributed by atoms with Crippen LogP contribution in [0.25, 0.3) is 22.2 Å². The number of benzene rings is 3. The number of imidazole rings is 1. The van der Waals surface area contributed by atoms with Crippen LogP contribution in [-0.4, -0.2) is 54.7 Å². The Labute approximate surface area is 223 Å². The Bertz CT molecular complexity index is 1630. The first-order valence-electron chi connectivity index (χ1n) is 12.7. The number of fused-ring (bicyclic) bond motifs is 2. The SMILES string of the molecule is CCc1cc(S(C)(=O)=O)ccc1C(=O)N1CCOc2ccc(-c3ccc4c(c3)ncn4C(C)CN)cc2C1. The molecule has 0 bridgehead atoms. The molecule has 0 saturated carbocycles. The van der Waals surface area contributed by atoms with Gasteiger partial charge in [-0.2, -0.15) is 0 Å². The van der Waals surface area contributed by atoms with E-state index in [4.69, 9.17) is 10.5 Å². The minimum Gasteiger partial charge on any atom is -0.491 e. The fourth-order valence-electron chi connectivity index (χ4n) is 4.90. The second-order valence-corrected chi connectivity index (χ2v) is 11.8. The molecule has 1 atom stereocenters. The van der Waals surface area contributed by atoms with Crippen LogP contribution in [0.1, 0.15) is 41.4 Å². The molecule has 2 heterocycles. The molecule has 0 fully saturated rings. The number of hydrogen-bond donors (Lipinski definition) is 1. The smallest absolute Gasteiger partial charge is 0.254 e. The lowest BCUT2D eigenvalue weighted by Gasteiger charge is -2.22. The van der Waals surface area contributed by atoms with E-state index < -0.39 is 9.84 Å². The fraction of sp³-hybridized carbons (Fsp3) is 0.310. The van der Waals surface area contributed by atoms with Crippen LogP contribution in [0.5, 0.6) is 5.75 Å². The van der Waals surface area contributed by atoms with Crippen molar-refractivity contribution in [1.29, 1.82) is 0 Å². The molecular weight excluding hydrogens is 500 g/mol. The summed E-state index contributed by atoms with van der Waals surface area (Å²) in [7, 11) is -3.35. The van der Waals surface area contributed by atoms with E-state index in [1.54, 1.807) is 17.0 Å². The fourth-order valence-corrected chi connectivity index (χ4v) is 5.57. The quantitative estimate of drug-likeness (QED) is 0.398. The molecule has 9 heteroatoms. The van der Waals surface area contributed by atoms with E-state index in [2.05, 4.69) is 40.7 Å². The highest BCUT2D eigenvalue weighted by atomic mass is 32.2. The highest BCUT2D eigenvalue weighted by Gasteiger charge is 2.24. The average Bonchev–Trinajstić information content (AvgIpc) is 3.22. The molecule has 0 saturated heterocycles. The van der Waals surface area contributed by atoms with Gasteiger partial charge in [0.15, 0.2) is 9.84 Å². The van der Waals surface area contributed by atoms with E-state index >= 15 is 0 Å². The summed E-state index contributed by atoms with van der Waals surface area (Å²) < 4.78 is 32.1. The third kappa shape index (κ3) is 4.91. The van der Waals surface area contributed by atoms with Crippen LogP contribution < -0.4 is 10.5 Å². The highest BCUT2D eigenvalue weighted by molar-refractivity contribution is 7.90. The summed E-state index contributed by atoms with van der Waals surface area (Å²) in [6, 6.07) is 17.1. The zero-order valence-electron chi connectivity index (χ0n) is 21.8. The number of carbonyl (C=O) groups is 1. The number of amides is 1. The molecule has 0 radical (unpaired) electrons. The Morgan fingerprint density at radius 3 is 2.61 bits per heavy atom. The topological polar surface area (TPSA) is 108 Å². The van der Waals surface area contributed by atoms with Crippen LogP contribution in [0.4, 0.5) is 0 Å². The van der Waals surface area contributed by atoms with Gasteiger partial charge in [-0.1, -0.05) is 19.1 Å². The third-order valence-corrected chi connectivity index (χ3v) is 8.28. The van der Waals surface area contributed by atoms with Crippen LogP contribution in [0.2, 0.25) is 0 Å². The number of aryl methyl sites for hydroxylation is 1. The molecular formula is C29H32N4O4S. The largest absolute Gasteiger partial charge is 0.491 e. The van der Waals surface area contributed by atoms with Gasteiger partial charge in [-0.25, -0.2) is 13.4 Å². The predicted molar refractivity (Wildman–Crippen MR) is 148 cm³/mol. The van der Waals surface area contributed by atoms with Gasteiger partial charge in [0.05, 0.1) is 28.8 Å². The first-order chi connectivity index (χ1) is 18.2. The number of hydrogen-bond acceptors (Lipinski definition) is 6. The first kappa shape index (κ1) is 25.9. The molecule has 4 aromatic rings. The van der Waals surface area contributed by atoms with Gasteiger partial charge in [-0.15, -0.1) is 0 Å². The molecule has 8 nitrogen and oxygen atoms in total. The summed E-state index contributed by atoms with van der Waals surface area (Å²) in [6.45, 7) is 5.73. The van der Waals surface area contributed by atoms with Crippen LogP contribution >= 0.6 is 0 Å². The number of carbonyl (C=O) groups excluding carboxylic acids is 1. The van der Waals surface area contributed by atoms with Crippen molar-refractivity contribution < 1.29 is 17.9 Å². The van der Waals surface area contributed by atoms with Crippen LogP contribution in [0.3, 0.4) is 0 Å². The van der Waals surface area contributed by atoms with E-state index in [1.165, 1.54) is 12.3 Å². The van der Waals surface area contributed by atoms with Crippen molar-refractivity contribution in [2.45, 2.75) is 37.8 Å². The van der Waals surface area contributed by atoms with E-state index in [0.717, 1.165) is 33.5 Å². The zero-order valence-corrected chi connectivity index (χ0v) is 22.7. The van der Waals surface area contributed by atoms with Gasteiger partial charge >= 0.3 is 0 Å². The number of aromatic nitrogens is 2. The van der Waals surface area contributed by atoms with Gasteiger partial charge in [0, 0.05) is 36.5 Å². The zero-order chi connectivity index (χ0) is 27.0. The Morgan fingerprint density at radius 1 is 1.11 bits per heavy atom. The second kappa shape index (κ2) is 10.2. The van der Waals surface area contributed by atoms with Crippen molar-refractivity contribution in [1.82, 2.24) is 14.5 Å². The molecule has 0 spiro atoms. The van der Waals surface area contributed by atoms with Crippen LogP contribution in [0, 0.1) is 0 Å². The molecule has 2 N–H and O–H groups in total. The van der Waals surface area contributed by atoms with E-state index in [0.29, 0.717) is 43.8 Å². The van der Waals surface area contributed by atoms with E-state index in [1.807, 2.05) is 25.4 Å². The van der Waals surface area contributed by atoms with Gasteiger partial charge in [0.2, 0.25) is 0 Å². The Morgan fingerprint density at radius 2 is 1.87 bits per heavy atom. The number of nitrogens with two attached hydrogens (primary N) is 1. The van der Waals surface area contributed by atoms with Gasteiger partial charge < -0.3 is 19.9 Å². The van der Waals surface area contributed by atoms with Gasteiger partial charge in [-0.05, 0) is 72.5 Å². The van der Waals surface area contributed by atoms with Crippen molar-refractivity contribution in [2.24, 2.45) is 5.73 Å². The number of ether oxygens (including phenoxy) is 1. The van der Waals surface area contributed by atoms with E-state index in [-0.39, 0.29) is 16.8 Å². The first-order valence-corrected chi connectivity index (χ1v) is 14.6. The standard InChI is InChI=1S/C29H32N4O4S/c1-4-20-14-24(38(3,35)36)7-8-25(20)29(34)32-11-12-37-28-10-6-21(13-23(28)17-32)22-5-9-27-26(15-22)31-18-33(27)19(2)16-30/h5-10,13-15,18-19H,4,11-12,16-17,30H2,1-3H3. The van der Waals surface area contributed by atoms with E-state index in [9.17, 15) is 13.2 Å². The van der Waals surface area contributed by atoms with Gasteiger partial charge in [-0.3, -0.25) is 4.79 Å². The minimum atomic E-state index is -3.35. The summed E-state index contributed by atoms with van der Waals surface area (Å²) in [5.41, 5.74) is 12.0. The Hall–Kier alpha value is -3.69. The Balaban J connectivity index is 1.45. The molecule has 38 heavy (non-hydrogen) atoms. The molecule has 1 aromatic heterocycles. The van der Waals surface area contributed by atoms with Gasteiger partial charge in [0.25, 0.3) is 5.91 Å². The van der Waals surface area contributed by atoms with Crippen molar-refractivity contribution in [3.8, 4) is 16.9 Å². The summed E-state index contributed by atoms with van der Waals surface area (Å²) in [6.07, 6.45) is 3.55. The second-order valence-electron chi connectivity index (χ2n) is 9.78. The lowest BCUT2D eigenvalue weighted by Crippen LogP contribution is -2.33. The minimum absolute atomic E-state index is 0.135. The molecule has 1 unspecified atom stereocenters. The normalized spacial score (nSPS) is 14.6. The maximum absolute atomic E-state index is 13.6. The van der Waals surface area contributed by atoms with Gasteiger partial charge in [0.1, 0.15) is 12.4 Å². The lowest BCUT2D eigenvalue weighted by atomic mass is 10.0. The number of nitrogens with zero attached hydrogens (tertiary/aromatic N) is 3. The summed E-state index contributed by atoms with van der Waals surface area (Å²) >= 11 is 0.